The fourth-order valence-electron chi connectivity index (χ4n) is 2.05. The molecule has 0 saturated carbocycles. The lowest BCUT2D eigenvalue weighted by Gasteiger charge is -2.15. The van der Waals surface area contributed by atoms with Gasteiger partial charge < -0.3 is 5.32 Å². The number of nitrogens with one attached hydrogen (secondary N) is 1. The van der Waals surface area contributed by atoms with Crippen molar-refractivity contribution in [1.29, 1.82) is 0 Å². The van der Waals surface area contributed by atoms with Crippen LogP contribution < -0.4 is 5.32 Å². The average Bonchev–Trinajstić information content (AvgIpc) is 3.20. The molecule has 3 rings (SSSR count). The van der Waals surface area contributed by atoms with E-state index in [4.69, 9.17) is 0 Å². The number of nitrogens with zero attached hydrogens (tertiary/aromatic N) is 3. The molecule has 3 aromatic rings. The van der Waals surface area contributed by atoms with Crippen LogP contribution in [0.4, 0.5) is 0 Å². The maximum absolute atomic E-state index is 4.39. The molecule has 0 aliphatic rings. The molecule has 4 nitrogen and oxygen atoms in total. The summed E-state index contributed by atoms with van der Waals surface area (Å²) in [6, 6.07) is 10.5. The molecule has 0 aliphatic carbocycles. The van der Waals surface area contributed by atoms with Crippen LogP contribution in [0.3, 0.4) is 0 Å². The maximum Gasteiger partial charge on any atom is 0.159 e. The second kappa shape index (κ2) is 6.89. The Morgan fingerprint density at radius 2 is 2.05 bits per heavy atom. The molecule has 0 amide bonds. The average molecular weight is 316 g/mol. The van der Waals surface area contributed by atoms with Gasteiger partial charge in [-0.05, 0) is 18.5 Å². The van der Waals surface area contributed by atoms with E-state index in [0.717, 1.165) is 27.9 Å². The lowest BCUT2D eigenvalue weighted by Crippen LogP contribution is -2.23. The SMILES string of the molecule is CCCNC(c1ccccc1)c1nnc(-c2cncs2)s1. The van der Waals surface area contributed by atoms with Gasteiger partial charge in [-0.15, -0.1) is 21.5 Å². The van der Waals surface area contributed by atoms with Gasteiger partial charge >= 0.3 is 0 Å². The van der Waals surface area contributed by atoms with Crippen LogP contribution in [-0.4, -0.2) is 21.7 Å². The largest absolute Gasteiger partial charge is 0.304 e. The quantitative estimate of drug-likeness (QED) is 0.752. The molecule has 6 heteroatoms. The molecular formula is C15H16N4S2. The van der Waals surface area contributed by atoms with Crippen LogP contribution in [0.2, 0.25) is 0 Å². The highest BCUT2D eigenvalue weighted by Crippen LogP contribution is 2.31. The van der Waals surface area contributed by atoms with E-state index >= 15 is 0 Å². The molecule has 2 aromatic heterocycles. The Labute approximate surface area is 131 Å². The number of aromatic nitrogens is 3. The van der Waals surface area contributed by atoms with Crippen LogP contribution in [0.1, 0.15) is 30.0 Å². The van der Waals surface area contributed by atoms with Crippen LogP contribution in [0.15, 0.2) is 42.0 Å². The van der Waals surface area contributed by atoms with Gasteiger partial charge in [-0.1, -0.05) is 48.6 Å². The van der Waals surface area contributed by atoms with Crippen LogP contribution in [-0.2, 0) is 0 Å². The smallest absolute Gasteiger partial charge is 0.159 e. The summed E-state index contributed by atoms with van der Waals surface area (Å²) < 4.78 is 0. The minimum atomic E-state index is 0.102. The molecule has 1 unspecified atom stereocenters. The first-order chi connectivity index (χ1) is 10.4. The van der Waals surface area contributed by atoms with Gasteiger partial charge in [0.15, 0.2) is 5.01 Å². The number of rotatable bonds is 6. The van der Waals surface area contributed by atoms with Crippen molar-refractivity contribution in [3.05, 3.63) is 52.6 Å². The molecule has 0 fully saturated rings. The van der Waals surface area contributed by atoms with Crippen LogP contribution >= 0.6 is 22.7 Å². The first-order valence-corrected chi connectivity index (χ1v) is 8.58. The Kier molecular flexibility index (Phi) is 4.69. The Balaban J connectivity index is 1.90. The zero-order valence-corrected chi connectivity index (χ0v) is 13.3. The predicted octanol–water partition coefficient (Wildman–Crippen LogP) is 3.75. The number of thiazole rings is 1. The Bertz CT molecular complexity index is 664. The fraction of sp³-hybridized carbons (Fsp3) is 0.267. The van der Waals surface area contributed by atoms with Gasteiger partial charge in [0.05, 0.1) is 16.4 Å². The van der Waals surface area contributed by atoms with Crippen LogP contribution in [0.5, 0.6) is 0 Å². The highest BCUT2D eigenvalue weighted by Gasteiger charge is 2.19. The Morgan fingerprint density at radius 1 is 1.19 bits per heavy atom. The minimum absolute atomic E-state index is 0.102. The molecule has 0 bridgehead atoms. The third-order valence-electron chi connectivity index (χ3n) is 3.06. The summed E-state index contributed by atoms with van der Waals surface area (Å²) >= 11 is 3.22. The van der Waals surface area contributed by atoms with Gasteiger partial charge in [-0.2, -0.15) is 0 Å². The van der Waals surface area contributed by atoms with Gasteiger partial charge in [0.1, 0.15) is 5.01 Å². The molecular weight excluding hydrogens is 300 g/mol. The molecule has 0 spiro atoms. The third-order valence-corrected chi connectivity index (χ3v) is 4.99. The van der Waals surface area contributed by atoms with Crippen molar-refractivity contribution in [3.63, 3.8) is 0 Å². The number of benzene rings is 1. The van der Waals surface area contributed by atoms with Gasteiger partial charge in [0.2, 0.25) is 0 Å². The van der Waals surface area contributed by atoms with E-state index in [9.17, 15) is 0 Å². The predicted molar refractivity (Wildman–Crippen MR) is 87.6 cm³/mol. The van der Waals surface area contributed by atoms with Gasteiger partial charge in [-0.25, -0.2) is 0 Å². The van der Waals surface area contributed by atoms with E-state index in [2.05, 4.69) is 51.7 Å². The number of hydrogen-bond acceptors (Lipinski definition) is 6. The van der Waals surface area contributed by atoms with Crippen LogP contribution in [0.25, 0.3) is 9.88 Å². The van der Waals surface area contributed by atoms with E-state index in [-0.39, 0.29) is 6.04 Å². The highest BCUT2D eigenvalue weighted by atomic mass is 32.1. The molecule has 108 valence electrons. The summed E-state index contributed by atoms with van der Waals surface area (Å²) in [5.74, 6) is 0. The van der Waals surface area contributed by atoms with Gasteiger partial charge in [0, 0.05) is 6.20 Å². The maximum atomic E-state index is 4.39. The molecule has 1 aromatic carbocycles. The fourth-order valence-corrected chi connectivity index (χ4v) is 3.67. The minimum Gasteiger partial charge on any atom is -0.304 e. The second-order valence-corrected chi connectivity index (χ2v) is 6.50. The molecule has 2 heterocycles. The highest BCUT2D eigenvalue weighted by molar-refractivity contribution is 7.20. The molecule has 21 heavy (non-hydrogen) atoms. The zero-order chi connectivity index (χ0) is 14.5. The topological polar surface area (TPSA) is 50.7 Å². The first kappa shape index (κ1) is 14.3. The third kappa shape index (κ3) is 3.34. The lowest BCUT2D eigenvalue weighted by atomic mass is 10.1. The van der Waals surface area contributed by atoms with E-state index in [1.807, 2.05) is 17.8 Å². The summed E-state index contributed by atoms with van der Waals surface area (Å²) in [5, 5.41) is 14.2. The van der Waals surface area contributed by atoms with Gasteiger partial charge in [0.25, 0.3) is 0 Å². The summed E-state index contributed by atoms with van der Waals surface area (Å²) in [7, 11) is 0. The van der Waals surface area contributed by atoms with E-state index in [0.29, 0.717) is 0 Å². The van der Waals surface area contributed by atoms with Crippen molar-refractivity contribution in [1.82, 2.24) is 20.5 Å². The number of hydrogen-bond donors (Lipinski definition) is 1. The van der Waals surface area contributed by atoms with Crippen molar-refractivity contribution in [3.8, 4) is 9.88 Å². The Hall–Kier alpha value is -1.63. The summed E-state index contributed by atoms with van der Waals surface area (Å²) in [6.07, 6.45) is 2.93. The molecule has 0 saturated heterocycles. The van der Waals surface area contributed by atoms with Crippen molar-refractivity contribution in [2.24, 2.45) is 0 Å². The molecule has 1 N–H and O–H groups in total. The Morgan fingerprint density at radius 3 is 2.76 bits per heavy atom. The lowest BCUT2D eigenvalue weighted by molar-refractivity contribution is 0.592. The van der Waals surface area contributed by atoms with Crippen molar-refractivity contribution >= 4 is 22.7 Å². The van der Waals surface area contributed by atoms with Crippen molar-refractivity contribution < 1.29 is 0 Å². The van der Waals surface area contributed by atoms with Crippen LogP contribution in [0, 0.1) is 0 Å². The standard InChI is InChI=1S/C15H16N4S2/c1-2-8-17-13(11-6-4-3-5-7-11)15-19-18-14(21-15)12-9-16-10-20-12/h3-7,9-10,13,17H,2,8H2,1H3. The summed E-state index contributed by atoms with van der Waals surface area (Å²) in [5.41, 5.74) is 3.04. The van der Waals surface area contributed by atoms with E-state index in [1.54, 1.807) is 22.7 Å². The van der Waals surface area contributed by atoms with Crippen molar-refractivity contribution in [2.75, 3.05) is 6.54 Å². The molecule has 1 atom stereocenters. The summed E-state index contributed by atoms with van der Waals surface area (Å²) in [6.45, 7) is 3.12. The van der Waals surface area contributed by atoms with E-state index < -0.39 is 0 Å². The molecule has 0 aliphatic heterocycles. The first-order valence-electron chi connectivity index (χ1n) is 6.89. The zero-order valence-electron chi connectivity index (χ0n) is 11.7. The second-order valence-electron chi connectivity index (χ2n) is 4.61. The molecule has 0 radical (unpaired) electrons. The normalized spacial score (nSPS) is 12.4. The van der Waals surface area contributed by atoms with Crippen molar-refractivity contribution in [2.45, 2.75) is 19.4 Å². The van der Waals surface area contributed by atoms with E-state index in [1.165, 1.54) is 5.56 Å². The summed E-state index contributed by atoms with van der Waals surface area (Å²) in [4.78, 5) is 5.17. The monoisotopic (exact) mass is 316 g/mol. The van der Waals surface area contributed by atoms with Gasteiger partial charge in [-0.3, -0.25) is 4.98 Å².